The Hall–Kier alpha value is 0.147. The van der Waals surface area contributed by atoms with Crippen LogP contribution in [0.25, 0.3) is 0 Å². The van der Waals surface area contributed by atoms with Crippen molar-refractivity contribution in [3.63, 3.8) is 0 Å². The molecule has 1 atom stereocenters. The zero-order chi connectivity index (χ0) is 7.56. The fourth-order valence-electron chi connectivity index (χ4n) is 0.484. The fourth-order valence-corrected chi connectivity index (χ4v) is 1.09. The minimum absolute atomic E-state index is 0. The summed E-state index contributed by atoms with van der Waals surface area (Å²) in [7, 11) is 0. The zero-order valence-electron chi connectivity index (χ0n) is 5.78. The van der Waals surface area contributed by atoms with Crippen LogP contribution in [0.3, 0.4) is 0 Å². The second-order valence-corrected chi connectivity index (χ2v) is 2.95. The zero-order valence-corrected chi connectivity index (χ0v) is 7.35. The van der Waals surface area contributed by atoms with E-state index in [1.54, 1.807) is 0 Å². The standard InChI is InChI=1S/C5H4ClNO2S.Li/c6-4-1-5(10(8)9)3-7-2-4;/h1-3H,(H,8,9);/q;+1/p-1. The van der Waals surface area contributed by atoms with Crippen LogP contribution in [-0.4, -0.2) is 13.7 Å². The van der Waals surface area contributed by atoms with Crippen LogP contribution < -0.4 is 18.9 Å². The Kier molecular flexibility index (Phi) is 4.98. The minimum atomic E-state index is -2.24. The van der Waals surface area contributed by atoms with E-state index in [1.165, 1.54) is 18.5 Å². The second kappa shape index (κ2) is 4.91. The SMILES string of the molecule is O=S([O-])c1cncc(Cl)c1.[Li+]. The normalized spacial score (nSPS) is 11.8. The van der Waals surface area contributed by atoms with Crippen LogP contribution in [0, 0.1) is 0 Å². The van der Waals surface area contributed by atoms with Crippen molar-refractivity contribution in [2.24, 2.45) is 0 Å². The summed E-state index contributed by atoms with van der Waals surface area (Å²) in [5.74, 6) is 0. The average Bonchev–Trinajstić information content (AvgIpc) is 1.88. The Bertz CT molecular complexity index is 270. The Labute approximate surface area is 83.6 Å². The van der Waals surface area contributed by atoms with Gasteiger partial charge >= 0.3 is 18.9 Å². The third-order valence-corrected chi connectivity index (χ3v) is 1.69. The summed E-state index contributed by atoms with van der Waals surface area (Å²) in [6, 6.07) is 1.33. The monoisotopic (exact) mass is 183 g/mol. The van der Waals surface area contributed by atoms with Gasteiger partial charge in [-0.15, -0.1) is 0 Å². The molecule has 1 aromatic heterocycles. The maximum absolute atomic E-state index is 10.3. The van der Waals surface area contributed by atoms with Crippen LogP contribution in [0.15, 0.2) is 23.4 Å². The number of hydrogen-bond donors (Lipinski definition) is 0. The predicted octanol–water partition coefficient (Wildman–Crippen LogP) is -2.02. The number of halogens is 1. The van der Waals surface area contributed by atoms with Gasteiger partial charge in [0.2, 0.25) is 0 Å². The summed E-state index contributed by atoms with van der Waals surface area (Å²) >= 11 is 3.22. The maximum atomic E-state index is 10.3. The summed E-state index contributed by atoms with van der Waals surface area (Å²) in [6.07, 6.45) is 2.60. The molecular formula is C5H3ClLiNO2S. The predicted molar refractivity (Wildman–Crippen MR) is 36.4 cm³/mol. The van der Waals surface area contributed by atoms with Crippen LogP contribution in [-0.2, 0) is 11.1 Å². The molecular weight excluding hydrogens is 181 g/mol. The first kappa shape index (κ1) is 11.1. The van der Waals surface area contributed by atoms with Gasteiger partial charge in [0.05, 0.1) is 5.02 Å². The molecule has 0 radical (unpaired) electrons. The summed E-state index contributed by atoms with van der Waals surface area (Å²) < 4.78 is 20.5. The van der Waals surface area contributed by atoms with Gasteiger partial charge < -0.3 is 4.55 Å². The molecule has 0 N–H and O–H groups in total. The molecule has 1 rings (SSSR count). The van der Waals surface area contributed by atoms with E-state index >= 15 is 0 Å². The van der Waals surface area contributed by atoms with Gasteiger partial charge in [-0.1, -0.05) is 11.6 Å². The summed E-state index contributed by atoms with van der Waals surface area (Å²) in [4.78, 5) is 3.68. The van der Waals surface area contributed by atoms with Gasteiger partial charge in [0.1, 0.15) is 0 Å². The van der Waals surface area contributed by atoms with E-state index in [0.29, 0.717) is 5.02 Å². The minimum Gasteiger partial charge on any atom is -0.768 e. The van der Waals surface area contributed by atoms with E-state index in [9.17, 15) is 8.76 Å². The van der Waals surface area contributed by atoms with Gasteiger partial charge in [-0.25, -0.2) is 0 Å². The number of rotatable bonds is 1. The quantitative estimate of drug-likeness (QED) is 0.373. The van der Waals surface area contributed by atoms with Crippen molar-refractivity contribution in [2.75, 3.05) is 0 Å². The smallest absolute Gasteiger partial charge is 0.768 e. The molecule has 0 saturated carbocycles. The Morgan fingerprint density at radius 3 is 2.55 bits per heavy atom. The molecule has 0 saturated heterocycles. The van der Waals surface area contributed by atoms with Crippen molar-refractivity contribution < 1.29 is 27.6 Å². The summed E-state index contributed by atoms with van der Waals surface area (Å²) in [5.41, 5.74) is 0. The van der Waals surface area contributed by atoms with E-state index in [-0.39, 0.29) is 23.8 Å². The molecule has 0 aliphatic carbocycles. The number of hydrogen-bond acceptors (Lipinski definition) is 3. The third kappa shape index (κ3) is 3.37. The second-order valence-electron chi connectivity index (χ2n) is 1.57. The van der Waals surface area contributed by atoms with Crippen molar-refractivity contribution in [1.82, 2.24) is 4.98 Å². The first-order valence-corrected chi connectivity index (χ1v) is 3.85. The molecule has 0 aromatic carbocycles. The summed E-state index contributed by atoms with van der Waals surface area (Å²) in [6.45, 7) is 0. The van der Waals surface area contributed by atoms with Crippen LogP contribution in [0.5, 0.6) is 0 Å². The van der Waals surface area contributed by atoms with E-state index < -0.39 is 11.1 Å². The van der Waals surface area contributed by atoms with Gasteiger partial charge in [0.15, 0.2) is 0 Å². The Balaban J connectivity index is 0.000001000. The molecule has 1 aromatic rings. The first-order chi connectivity index (χ1) is 4.70. The summed E-state index contributed by atoms with van der Waals surface area (Å²) in [5, 5.41) is 0.321. The van der Waals surface area contributed by atoms with Crippen molar-refractivity contribution in [3.8, 4) is 0 Å². The molecule has 0 aliphatic rings. The van der Waals surface area contributed by atoms with Crippen molar-refractivity contribution in [1.29, 1.82) is 0 Å². The molecule has 11 heavy (non-hydrogen) atoms. The first-order valence-electron chi connectivity index (χ1n) is 2.40. The molecule has 54 valence electrons. The molecule has 6 heteroatoms. The van der Waals surface area contributed by atoms with E-state index in [0.717, 1.165) is 0 Å². The van der Waals surface area contributed by atoms with Crippen LogP contribution in [0.1, 0.15) is 0 Å². The number of aromatic nitrogens is 1. The molecule has 1 unspecified atom stereocenters. The average molecular weight is 184 g/mol. The van der Waals surface area contributed by atoms with Gasteiger partial charge in [-0.2, -0.15) is 0 Å². The largest absolute Gasteiger partial charge is 1.00 e. The molecule has 1 heterocycles. The molecule has 0 amide bonds. The van der Waals surface area contributed by atoms with Crippen LogP contribution in [0.4, 0.5) is 0 Å². The molecule has 0 fully saturated rings. The number of nitrogens with zero attached hydrogens (tertiary/aromatic N) is 1. The van der Waals surface area contributed by atoms with Crippen LogP contribution >= 0.6 is 11.6 Å². The van der Waals surface area contributed by atoms with E-state index in [2.05, 4.69) is 4.98 Å². The number of pyridine rings is 1. The van der Waals surface area contributed by atoms with Gasteiger partial charge in [0.25, 0.3) is 0 Å². The van der Waals surface area contributed by atoms with Crippen LogP contribution in [0.2, 0.25) is 5.02 Å². The topological polar surface area (TPSA) is 53.0 Å². The Morgan fingerprint density at radius 2 is 2.18 bits per heavy atom. The maximum Gasteiger partial charge on any atom is 1.00 e. The van der Waals surface area contributed by atoms with Gasteiger partial charge in [0, 0.05) is 17.3 Å². The molecule has 0 bridgehead atoms. The van der Waals surface area contributed by atoms with Crippen molar-refractivity contribution >= 4 is 22.7 Å². The van der Waals surface area contributed by atoms with Gasteiger partial charge in [-0.05, 0) is 17.1 Å². The van der Waals surface area contributed by atoms with Crippen molar-refractivity contribution in [2.45, 2.75) is 4.90 Å². The van der Waals surface area contributed by atoms with E-state index in [1.807, 2.05) is 0 Å². The van der Waals surface area contributed by atoms with Crippen molar-refractivity contribution in [3.05, 3.63) is 23.5 Å². The van der Waals surface area contributed by atoms with E-state index in [4.69, 9.17) is 11.6 Å². The third-order valence-electron chi connectivity index (χ3n) is 0.872. The van der Waals surface area contributed by atoms with Gasteiger partial charge in [-0.3, -0.25) is 9.19 Å². The molecule has 0 spiro atoms. The molecule has 3 nitrogen and oxygen atoms in total. The fraction of sp³-hybridized carbons (Fsp3) is 0. The Morgan fingerprint density at radius 1 is 1.55 bits per heavy atom. The molecule has 0 aliphatic heterocycles.